The summed E-state index contributed by atoms with van der Waals surface area (Å²) >= 11 is 0. The van der Waals surface area contributed by atoms with E-state index in [0.717, 1.165) is 21.9 Å². The van der Waals surface area contributed by atoms with Crippen LogP contribution in [0.3, 0.4) is 0 Å². The van der Waals surface area contributed by atoms with Gasteiger partial charge in [-0.05, 0) is 58.6 Å². The molecule has 1 aliphatic heterocycles. The zero-order chi connectivity index (χ0) is 25.8. The minimum Gasteiger partial charge on any atom is -0.456 e. The lowest BCUT2D eigenvalue weighted by Crippen LogP contribution is -2.57. The van der Waals surface area contributed by atoms with Gasteiger partial charge >= 0.3 is 6.85 Å². The number of benzene rings is 6. The summed E-state index contributed by atoms with van der Waals surface area (Å²) in [6, 6.07) is 52.1. The predicted octanol–water partition coefficient (Wildman–Crippen LogP) is 8.18. The fraction of sp³-hybridized carbons (Fsp3) is 0. The third kappa shape index (κ3) is 3.51. The SMILES string of the molecule is c1ccc(B2c3ccccc3-c3ccccc3N2c2ccc(-c3ccc4oc5ccccc5c4c3)cc2)cc1. The third-order valence-electron chi connectivity index (χ3n) is 7.94. The summed E-state index contributed by atoms with van der Waals surface area (Å²) in [5, 5.41) is 2.30. The van der Waals surface area contributed by atoms with Gasteiger partial charge in [0.05, 0.1) is 0 Å². The van der Waals surface area contributed by atoms with Gasteiger partial charge in [0.15, 0.2) is 0 Å². The highest BCUT2D eigenvalue weighted by atomic mass is 16.3. The second-order valence-corrected chi connectivity index (χ2v) is 10.1. The first-order valence-electron chi connectivity index (χ1n) is 13.4. The van der Waals surface area contributed by atoms with Gasteiger partial charge in [0.2, 0.25) is 0 Å². The third-order valence-corrected chi connectivity index (χ3v) is 7.94. The predicted molar refractivity (Wildman–Crippen MR) is 165 cm³/mol. The van der Waals surface area contributed by atoms with Crippen LogP contribution < -0.4 is 15.7 Å². The van der Waals surface area contributed by atoms with Gasteiger partial charge in [-0.25, -0.2) is 0 Å². The van der Waals surface area contributed by atoms with Crippen LogP contribution in [0.2, 0.25) is 0 Å². The van der Waals surface area contributed by atoms with Crippen molar-refractivity contribution in [1.29, 1.82) is 0 Å². The highest BCUT2D eigenvalue weighted by Crippen LogP contribution is 2.40. The summed E-state index contributed by atoms with van der Waals surface area (Å²) in [5.74, 6) is 0. The maximum absolute atomic E-state index is 6.05. The molecule has 0 bridgehead atoms. The standard InChI is InChI=1S/C36H24BNO/c1-2-10-27(11-3-1)37-33-15-7-4-12-29(33)30-13-5-8-16-34(30)38(37)28-21-18-25(19-22-28)26-20-23-36-32(24-26)31-14-6-9-17-35(31)39-36/h1-24H. The molecule has 0 saturated heterocycles. The smallest absolute Gasteiger partial charge is 0.328 e. The molecular weight excluding hydrogens is 473 g/mol. The molecule has 0 unspecified atom stereocenters. The van der Waals surface area contributed by atoms with E-state index in [1.165, 1.54) is 44.6 Å². The van der Waals surface area contributed by atoms with Crippen molar-refractivity contribution in [3.63, 3.8) is 0 Å². The largest absolute Gasteiger partial charge is 0.456 e. The van der Waals surface area contributed by atoms with Crippen molar-refractivity contribution in [1.82, 2.24) is 0 Å². The first kappa shape index (κ1) is 22.0. The van der Waals surface area contributed by atoms with E-state index in [9.17, 15) is 0 Å². The molecule has 7 aromatic rings. The van der Waals surface area contributed by atoms with Crippen LogP contribution >= 0.6 is 0 Å². The summed E-state index contributed by atoms with van der Waals surface area (Å²) in [6.45, 7) is 0.0804. The molecule has 0 N–H and O–H groups in total. The van der Waals surface area contributed by atoms with Gasteiger partial charge in [-0.1, -0.05) is 115 Å². The molecule has 0 spiro atoms. The van der Waals surface area contributed by atoms with Crippen LogP contribution in [-0.4, -0.2) is 6.85 Å². The normalized spacial score (nSPS) is 12.5. The van der Waals surface area contributed by atoms with Crippen molar-refractivity contribution in [2.24, 2.45) is 0 Å². The van der Waals surface area contributed by atoms with Crippen LogP contribution in [0.4, 0.5) is 11.4 Å². The Kier molecular flexibility index (Phi) is 4.96. The molecule has 6 aromatic carbocycles. The van der Waals surface area contributed by atoms with Crippen molar-refractivity contribution in [2.45, 2.75) is 0 Å². The Morgan fingerprint density at radius 2 is 1.15 bits per heavy atom. The van der Waals surface area contributed by atoms with Gasteiger partial charge in [-0.15, -0.1) is 0 Å². The van der Waals surface area contributed by atoms with Crippen molar-refractivity contribution in [3.05, 3.63) is 146 Å². The number of hydrogen-bond donors (Lipinski definition) is 0. The highest BCUT2D eigenvalue weighted by Gasteiger charge is 2.36. The number of nitrogens with zero attached hydrogens (tertiary/aromatic N) is 1. The second-order valence-electron chi connectivity index (χ2n) is 10.1. The fourth-order valence-corrected chi connectivity index (χ4v) is 6.14. The molecular formula is C36H24BNO. The number of fused-ring (bicyclic) bond motifs is 6. The minimum atomic E-state index is 0.0804. The molecule has 0 fully saturated rings. The zero-order valence-corrected chi connectivity index (χ0v) is 21.3. The van der Waals surface area contributed by atoms with Gasteiger partial charge in [0, 0.05) is 27.7 Å². The molecule has 1 aliphatic rings. The Balaban J connectivity index is 1.26. The molecule has 8 rings (SSSR count). The molecule has 0 atom stereocenters. The van der Waals surface area contributed by atoms with Crippen molar-refractivity contribution in [2.75, 3.05) is 4.81 Å². The lowest BCUT2D eigenvalue weighted by atomic mass is 9.46. The average Bonchev–Trinajstić information content (AvgIpc) is 3.39. The first-order valence-corrected chi connectivity index (χ1v) is 13.4. The number of anilines is 2. The number of hydrogen-bond acceptors (Lipinski definition) is 2. The van der Waals surface area contributed by atoms with Crippen molar-refractivity contribution >= 4 is 51.1 Å². The van der Waals surface area contributed by atoms with E-state index < -0.39 is 0 Å². The van der Waals surface area contributed by atoms with Gasteiger partial charge < -0.3 is 9.23 Å². The Hall–Kier alpha value is -5.02. The Labute approximate surface area is 227 Å². The first-order chi connectivity index (χ1) is 19.3. The van der Waals surface area contributed by atoms with E-state index in [2.05, 4.69) is 138 Å². The topological polar surface area (TPSA) is 16.4 Å². The summed E-state index contributed by atoms with van der Waals surface area (Å²) < 4.78 is 6.05. The van der Waals surface area contributed by atoms with E-state index in [4.69, 9.17) is 4.42 Å². The molecule has 3 heteroatoms. The van der Waals surface area contributed by atoms with Crippen LogP contribution in [0.5, 0.6) is 0 Å². The maximum atomic E-state index is 6.05. The van der Waals surface area contributed by atoms with Crippen LogP contribution in [-0.2, 0) is 0 Å². The van der Waals surface area contributed by atoms with Crippen molar-refractivity contribution < 1.29 is 4.42 Å². The maximum Gasteiger partial charge on any atom is 0.328 e. The van der Waals surface area contributed by atoms with Crippen LogP contribution in [0.1, 0.15) is 0 Å². The zero-order valence-electron chi connectivity index (χ0n) is 21.3. The van der Waals surface area contributed by atoms with Crippen molar-refractivity contribution in [3.8, 4) is 22.3 Å². The molecule has 0 radical (unpaired) electrons. The van der Waals surface area contributed by atoms with Crippen LogP contribution in [0, 0.1) is 0 Å². The molecule has 0 saturated carbocycles. The highest BCUT2D eigenvalue weighted by molar-refractivity contribution is 6.90. The molecule has 0 aliphatic carbocycles. The average molecular weight is 497 g/mol. The molecule has 2 heterocycles. The lowest BCUT2D eigenvalue weighted by Gasteiger charge is -2.39. The van der Waals surface area contributed by atoms with E-state index in [1.54, 1.807) is 0 Å². The van der Waals surface area contributed by atoms with E-state index in [1.807, 2.05) is 12.1 Å². The van der Waals surface area contributed by atoms with E-state index in [0.29, 0.717) is 0 Å². The Morgan fingerprint density at radius 3 is 2.03 bits per heavy atom. The van der Waals surface area contributed by atoms with Gasteiger partial charge in [-0.2, -0.15) is 0 Å². The van der Waals surface area contributed by atoms with Gasteiger partial charge in [-0.3, -0.25) is 0 Å². The monoisotopic (exact) mass is 497 g/mol. The molecule has 1 aromatic heterocycles. The molecule has 2 nitrogen and oxygen atoms in total. The fourth-order valence-electron chi connectivity index (χ4n) is 6.14. The van der Waals surface area contributed by atoms with Crippen LogP contribution in [0.15, 0.2) is 150 Å². The van der Waals surface area contributed by atoms with E-state index >= 15 is 0 Å². The molecule has 39 heavy (non-hydrogen) atoms. The Bertz CT molecular complexity index is 1970. The number of para-hydroxylation sites is 2. The number of rotatable bonds is 3. The second kappa shape index (κ2) is 8.78. The lowest BCUT2D eigenvalue weighted by molar-refractivity contribution is 0.669. The Morgan fingerprint density at radius 1 is 0.487 bits per heavy atom. The molecule has 0 amide bonds. The van der Waals surface area contributed by atoms with E-state index in [-0.39, 0.29) is 6.85 Å². The quantitative estimate of drug-likeness (QED) is 0.229. The summed E-state index contributed by atoms with van der Waals surface area (Å²) in [5.41, 5.74) is 11.8. The summed E-state index contributed by atoms with van der Waals surface area (Å²) in [4.78, 5) is 2.49. The van der Waals surface area contributed by atoms with Gasteiger partial charge in [0.1, 0.15) is 11.2 Å². The minimum absolute atomic E-state index is 0.0804. The summed E-state index contributed by atoms with van der Waals surface area (Å²) in [7, 11) is 0. The number of furan rings is 1. The summed E-state index contributed by atoms with van der Waals surface area (Å²) in [6.07, 6.45) is 0. The molecule has 182 valence electrons. The van der Waals surface area contributed by atoms with Crippen LogP contribution in [0.25, 0.3) is 44.2 Å². The van der Waals surface area contributed by atoms with Gasteiger partial charge in [0.25, 0.3) is 0 Å².